The van der Waals surface area contributed by atoms with Crippen LogP contribution in [0.2, 0.25) is 5.02 Å². The molecule has 0 bridgehead atoms. The number of hydrogen-bond acceptors (Lipinski definition) is 3. The maximum atomic E-state index is 14.4. The van der Waals surface area contributed by atoms with Crippen molar-refractivity contribution in [3.63, 3.8) is 0 Å². The van der Waals surface area contributed by atoms with Gasteiger partial charge in [0.05, 0.1) is 11.2 Å². The highest BCUT2D eigenvalue weighted by atomic mass is 35.5. The molecule has 3 rings (SSSR count). The maximum absolute atomic E-state index is 14.4. The summed E-state index contributed by atoms with van der Waals surface area (Å²) in [6.45, 7) is 0.242. The Labute approximate surface area is 138 Å². The van der Waals surface area contributed by atoms with Crippen LogP contribution in [-0.4, -0.2) is 9.78 Å². The Morgan fingerprint density at radius 3 is 2.61 bits per heavy atom. The Balaban J connectivity index is 1.87. The molecule has 1 heterocycles. The first-order valence-corrected chi connectivity index (χ1v) is 7.37. The fourth-order valence-corrected chi connectivity index (χ4v) is 2.51. The molecule has 0 fully saturated rings. The van der Waals surface area contributed by atoms with E-state index < -0.39 is 5.82 Å². The first-order valence-electron chi connectivity index (χ1n) is 7.00. The van der Waals surface area contributed by atoms with Crippen molar-refractivity contribution >= 4 is 17.4 Å². The lowest BCUT2D eigenvalue weighted by atomic mass is 10.1. The van der Waals surface area contributed by atoms with Gasteiger partial charge in [-0.3, -0.25) is 4.68 Å². The molecule has 0 aliphatic carbocycles. The Kier molecular flexibility index (Phi) is 4.21. The molecule has 0 aliphatic rings. The van der Waals surface area contributed by atoms with Crippen LogP contribution in [0.5, 0.6) is 5.75 Å². The third-order valence-corrected chi connectivity index (χ3v) is 3.80. The number of nitrogens with zero attached hydrogens (tertiary/aromatic N) is 2. The highest BCUT2D eigenvalue weighted by Gasteiger charge is 2.15. The second-order valence-electron chi connectivity index (χ2n) is 5.11. The van der Waals surface area contributed by atoms with Crippen LogP contribution in [0.3, 0.4) is 0 Å². The van der Waals surface area contributed by atoms with Gasteiger partial charge in [0.2, 0.25) is 0 Å². The summed E-state index contributed by atoms with van der Waals surface area (Å²) in [6, 6.07) is 12.5. The zero-order chi connectivity index (χ0) is 16.4. The smallest absolute Gasteiger partial charge is 0.174 e. The third-order valence-electron chi connectivity index (χ3n) is 3.52. The van der Waals surface area contributed by atoms with Crippen molar-refractivity contribution in [3.05, 3.63) is 65.1 Å². The van der Waals surface area contributed by atoms with Gasteiger partial charge in [0.25, 0.3) is 0 Å². The summed E-state index contributed by atoms with van der Waals surface area (Å²) in [4.78, 5) is 0. The molecule has 0 saturated heterocycles. The molecule has 0 radical (unpaired) electrons. The van der Waals surface area contributed by atoms with E-state index in [1.807, 2.05) is 30.3 Å². The molecule has 4 nitrogen and oxygen atoms in total. The molecule has 0 aliphatic heterocycles. The minimum absolute atomic E-state index is 0.0294. The van der Waals surface area contributed by atoms with Crippen molar-refractivity contribution in [3.8, 4) is 16.9 Å². The average Bonchev–Trinajstić information content (AvgIpc) is 2.87. The van der Waals surface area contributed by atoms with Crippen LogP contribution in [0.4, 0.5) is 10.2 Å². The van der Waals surface area contributed by atoms with Crippen molar-refractivity contribution in [1.29, 1.82) is 0 Å². The van der Waals surface area contributed by atoms with Gasteiger partial charge in [-0.2, -0.15) is 5.10 Å². The van der Waals surface area contributed by atoms with Gasteiger partial charge in [-0.05, 0) is 23.3 Å². The van der Waals surface area contributed by atoms with Gasteiger partial charge in [0.15, 0.2) is 11.6 Å². The number of nitrogen functional groups attached to an aromatic ring is 1. The van der Waals surface area contributed by atoms with Gasteiger partial charge in [0.1, 0.15) is 12.4 Å². The van der Waals surface area contributed by atoms with Gasteiger partial charge in [-0.25, -0.2) is 4.39 Å². The molecule has 2 aromatic carbocycles. The molecule has 6 heteroatoms. The molecule has 3 aromatic rings. The van der Waals surface area contributed by atoms with E-state index in [-0.39, 0.29) is 17.4 Å². The van der Waals surface area contributed by atoms with Gasteiger partial charge in [-0.15, -0.1) is 0 Å². The number of aromatic nitrogens is 2. The minimum atomic E-state index is -0.535. The quantitative estimate of drug-likeness (QED) is 0.785. The lowest BCUT2D eigenvalue weighted by Gasteiger charge is -2.11. The standard InChI is InChI=1S/C17H15ClFN3O/c1-22-17(20)13(9-21-22)12-7-14(18)16(15(19)8-12)23-10-11-5-3-2-4-6-11/h2-9H,10,20H2,1H3. The van der Waals surface area contributed by atoms with Crippen LogP contribution in [-0.2, 0) is 13.7 Å². The highest BCUT2D eigenvalue weighted by molar-refractivity contribution is 6.32. The fraction of sp³-hybridized carbons (Fsp3) is 0.118. The van der Waals surface area contributed by atoms with Gasteiger partial charge in [-0.1, -0.05) is 41.9 Å². The van der Waals surface area contributed by atoms with E-state index in [1.54, 1.807) is 19.3 Å². The molecule has 0 spiro atoms. The average molecular weight is 332 g/mol. The number of anilines is 1. The fourth-order valence-electron chi connectivity index (χ4n) is 2.25. The van der Waals surface area contributed by atoms with E-state index in [1.165, 1.54) is 10.7 Å². The Morgan fingerprint density at radius 1 is 1.26 bits per heavy atom. The zero-order valence-electron chi connectivity index (χ0n) is 12.5. The number of benzene rings is 2. The lowest BCUT2D eigenvalue weighted by Crippen LogP contribution is -2.00. The van der Waals surface area contributed by atoms with Crippen LogP contribution in [0.1, 0.15) is 5.56 Å². The molecule has 23 heavy (non-hydrogen) atoms. The predicted molar refractivity (Wildman–Crippen MR) is 88.8 cm³/mol. The van der Waals surface area contributed by atoms with E-state index in [9.17, 15) is 4.39 Å². The second-order valence-corrected chi connectivity index (χ2v) is 5.52. The largest absolute Gasteiger partial charge is 0.484 e. The van der Waals surface area contributed by atoms with Crippen molar-refractivity contribution in [2.75, 3.05) is 5.73 Å². The summed E-state index contributed by atoms with van der Waals surface area (Å²) in [7, 11) is 1.72. The van der Waals surface area contributed by atoms with Crippen molar-refractivity contribution < 1.29 is 9.13 Å². The maximum Gasteiger partial charge on any atom is 0.174 e. The lowest BCUT2D eigenvalue weighted by molar-refractivity contribution is 0.290. The highest BCUT2D eigenvalue weighted by Crippen LogP contribution is 2.35. The number of halogens is 2. The Hall–Kier alpha value is -2.53. The molecule has 1 aromatic heterocycles. The molecule has 118 valence electrons. The first kappa shape index (κ1) is 15.4. The summed E-state index contributed by atoms with van der Waals surface area (Å²) in [6.07, 6.45) is 1.57. The summed E-state index contributed by atoms with van der Waals surface area (Å²) in [5, 5.41) is 4.24. The number of hydrogen-bond donors (Lipinski definition) is 1. The molecular formula is C17H15ClFN3O. The van der Waals surface area contributed by atoms with Gasteiger partial charge < -0.3 is 10.5 Å². The molecule has 0 saturated carbocycles. The molecule has 2 N–H and O–H groups in total. The zero-order valence-corrected chi connectivity index (χ0v) is 13.2. The SMILES string of the molecule is Cn1ncc(-c2cc(F)c(OCc3ccccc3)c(Cl)c2)c1N. The summed E-state index contributed by atoms with van der Waals surface area (Å²) < 4.78 is 21.4. The van der Waals surface area contributed by atoms with Crippen LogP contribution in [0.25, 0.3) is 11.1 Å². The van der Waals surface area contributed by atoms with Gasteiger partial charge >= 0.3 is 0 Å². The van der Waals surface area contributed by atoms with Crippen LogP contribution in [0, 0.1) is 5.82 Å². The summed E-state index contributed by atoms with van der Waals surface area (Å²) >= 11 is 6.18. The third kappa shape index (κ3) is 3.14. The van der Waals surface area contributed by atoms with E-state index in [0.717, 1.165) is 5.56 Å². The van der Waals surface area contributed by atoms with Crippen LogP contribution < -0.4 is 10.5 Å². The second kappa shape index (κ2) is 6.30. The van der Waals surface area contributed by atoms with Crippen molar-refractivity contribution in [2.45, 2.75) is 6.61 Å². The topological polar surface area (TPSA) is 53.1 Å². The molecule has 0 unspecified atom stereocenters. The molecule has 0 atom stereocenters. The Morgan fingerprint density at radius 2 is 2.00 bits per heavy atom. The van der Waals surface area contributed by atoms with Crippen LogP contribution in [0.15, 0.2) is 48.7 Å². The minimum Gasteiger partial charge on any atom is -0.484 e. The van der Waals surface area contributed by atoms with Gasteiger partial charge in [0, 0.05) is 12.6 Å². The summed E-state index contributed by atoms with van der Waals surface area (Å²) in [5.41, 5.74) is 8.03. The normalized spacial score (nSPS) is 10.7. The van der Waals surface area contributed by atoms with E-state index in [4.69, 9.17) is 22.1 Å². The number of nitrogens with two attached hydrogens (primary N) is 1. The number of rotatable bonds is 4. The number of aryl methyl sites for hydroxylation is 1. The number of ether oxygens (including phenoxy) is 1. The van der Waals surface area contributed by atoms with E-state index in [2.05, 4.69) is 5.10 Å². The molecule has 0 amide bonds. The van der Waals surface area contributed by atoms with E-state index >= 15 is 0 Å². The van der Waals surface area contributed by atoms with Crippen LogP contribution >= 0.6 is 11.6 Å². The first-order chi connectivity index (χ1) is 11.1. The predicted octanol–water partition coefficient (Wildman–Crippen LogP) is 4.04. The van der Waals surface area contributed by atoms with Crippen molar-refractivity contribution in [2.24, 2.45) is 7.05 Å². The molecular weight excluding hydrogens is 317 g/mol. The monoisotopic (exact) mass is 331 g/mol. The Bertz CT molecular complexity index is 810. The summed E-state index contributed by atoms with van der Waals surface area (Å²) in [5.74, 6) is -0.0631. The van der Waals surface area contributed by atoms with Crippen molar-refractivity contribution in [1.82, 2.24) is 9.78 Å². The van der Waals surface area contributed by atoms with E-state index in [0.29, 0.717) is 16.9 Å².